The van der Waals surface area contributed by atoms with Crippen molar-refractivity contribution in [2.45, 2.75) is 12.5 Å². The Kier molecular flexibility index (Phi) is 10.3. The summed E-state index contributed by atoms with van der Waals surface area (Å²) in [6.07, 6.45) is 0.838. The lowest BCUT2D eigenvalue weighted by Gasteiger charge is -2.14. The highest BCUT2D eigenvalue weighted by Crippen LogP contribution is 2.22. The average molecular weight is 444 g/mol. The fraction of sp³-hybridized carbons (Fsp3) is 0.318. The largest absolute Gasteiger partial charge is 0.385 e. The van der Waals surface area contributed by atoms with E-state index in [0.717, 1.165) is 17.5 Å². The molecule has 3 amide bonds. The van der Waals surface area contributed by atoms with Crippen LogP contribution in [0.3, 0.4) is 0 Å². The number of methoxy groups -OCH3 is 1. The lowest BCUT2D eigenvalue weighted by Crippen LogP contribution is -2.50. The number of hydroxylamine groups is 1. The van der Waals surface area contributed by atoms with Gasteiger partial charge in [0, 0.05) is 31.5 Å². The van der Waals surface area contributed by atoms with Crippen molar-refractivity contribution in [3.05, 3.63) is 54.1 Å². The molecule has 0 saturated heterocycles. The Morgan fingerprint density at radius 2 is 1.66 bits per heavy atom. The van der Waals surface area contributed by atoms with Crippen LogP contribution in [-0.2, 0) is 14.3 Å². The molecule has 0 aromatic heterocycles. The van der Waals surface area contributed by atoms with Gasteiger partial charge >= 0.3 is 0 Å². The van der Waals surface area contributed by atoms with Gasteiger partial charge in [-0.05, 0) is 48.4 Å². The first kappa shape index (κ1) is 25.0. The van der Waals surface area contributed by atoms with E-state index < -0.39 is 17.9 Å². The minimum Gasteiger partial charge on any atom is -0.385 e. The van der Waals surface area contributed by atoms with Gasteiger partial charge in [0.25, 0.3) is 11.8 Å². The van der Waals surface area contributed by atoms with Gasteiger partial charge in [-0.25, -0.2) is 5.48 Å². The average Bonchev–Trinajstić information content (AvgIpc) is 2.82. The van der Waals surface area contributed by atoms with Gasteiger partial charge in [-0.15, -0.1) is 0 Å². The minimum atomic E-state index is -1.03. The second kappa shape index (κ2) is 13.2. The Morgan fingerprint density at radius 1 is 1.03 bits per heavy atom. The summed E-state index contributed by atoms with van der Waals surface area (Å²) in [7, 11) is 1.64. The van der Waals surface area contributed by atoms with E-state index >= 15 is 0 Å². The van der Waals surface area contributed by atoms with Crippen molar-refractivity contribution >= 4 is 23.4 Å². The van der Waals surface area contributed by atoms with Gasteiger partial charge in [0.15, 0.2) is 0 Å². The van der Waals surface area contributed by atoms with Crippen molar-refractivity contribution < 1.29 is 24.3 Å². The molecule has 0 heterocycles. The Labute approximate surface area is 186 Å². The van der Waals surface area contributed by atoms with Crippen molar-refractivity contribution in [1.29, 1.82) is 0 Å². The molecule has 1 atom stereocenters. The molecule has 172 valence electrons. The third kappa shape index (κ3) is 7.75. The van der Waals surface area contributed by atoms with Crippen LogP contribution in [-0.4, -0.2) is 62.3 Å². The Bertz CT molecular complexity index is 887. The van der Waals surface area contributed by atoms with Crippen LogP contribution in [0.25, 0.3) is 11.1 Å². The summed E-state index contributed by atoms with van der Waals surface area (Å²) in [5.74, 6) is -1.40. The molecule has 0 saturated carbocycles. The van der Waals surface area contributed by atoms with E-state index in [4.69, 9.17) is 15.7 Å². The molecule has 0 bridgehead atoms. The normalized spacial score (nSPS) is 11.5. The molecule has 2 rings (SSSR count). The van der Waals surface area contributed by atoms with Gasteiger partial charge in [-0.1, -0.05) is 24.3 Å². The van der Waals surface area contributed by atoms with Crippen LogP contribution in [0.1, 0.15) is 16.8 Å². The van der Waals surface area contributed by atoms with Gasteiger partial charge in [0.05, 0.1) is 6.54 Å². The first-order chi connectivity index (χ1) is 15.5. The smallest absolute Gasteiger partial charge is 0.267 e. The Balaban J connectivity index is 1.91. The van der Waals surface area contributed by atoms with E-state index in [0.29, 0.717) is 24.4 Å². The molecule has 2 aromatic carbocycles. The number of hydrogen-bond acceptors (Lipinski definition) is 7. The second-order valence-electron chi connectivity index (χ2n) is 6.96. The van der Waals surface area contributed by atoms with Crippen LogP contribution in [0.2, 0.25) is 0 Å². The molecule has 0 radical (unpaired) electrons. The van der Waals surface area contributed by atoms with E-state index in [9.17, 15) is 14.4 Å². The molecule has 0 spiro atoms. The third-order valence-electron chi connectivity index (χ3n) is 4.60. The molecule has 0 fully saturated rings. The van der Waals surface area contributed by atoms with Gasteiger partial charge in [0.1, 0.15) is 6.04 Å². The van der Waals surface area contributed by atoms with Gasteiger partial charge < -0.3 is 26.4 Å². The molecule has 7 N–H and O–H groups in total. The summed E-state index contributed by atoms with van der Waals surface area (Å²) in [5, 5.41) is 17.0. The number of carbonyl (C=O) groups is 3. The third-order valence-corrected chi connectivity index (χ3v) is 4.60. The first-order valence-corrected chi connectivity index (χ1v) is 10.1. The SMILES string of the molecule is COCCCNCC(=O)Nc1ccc(-c2ccc(C(=O)N[C@@H](CN)C(=O)NO)cc2)cc1. The summed E-state index contributed by atoms with van der Waals surface area (Å²) in [5.41, 5.74) is 9.73. The van der Waals surface area contributed by atoms with Crippen LogP contribution in [0.15, 0.2) is 48.5 Å². The molecule has 2 aromatic rings. The number of ether oxygens (including phenoxy) is 1. The van der Waals surface area contributed by atoms with Gasteiger partial charge in [-0.2, -0.15) is 0 Å². The van der Waals surface area contributed by atoms with Crippen LogP contribution in [0.4, 0.5) is 5.69 Å². The lowest BCUT2D eigenvalue weighted by atomic mass is 10.0. The predicted octanol–water partition coefficient (Wildman–Crippen LogP) is 0.481. The van der Waals surface area contributed by atoms with Crippen LogP contribution >= 0.6 is 0 Å². The molecule has 10 heteroatoms. The van der Waals surface area contributed by atoms with E-state index in [1.165, 1.54) is 5.48 Å². The zero-order chi connectivity index (χ0) is 23.3. The maximum absolute atomic E-state index is 12.3. The van der Waals surface area contributed by atoms with Crippen molar-refractivity contribution in [3.8, 4) is 11.1 Å². The summed E-state index contributed by atoms with van der Waals surface area (Å²) in [6, 6.07) is 13.1. The van der Waals surface area contributed by atoms with E-state index in [1.54, 1.807) is 43.5 Å². The number of carbonyl (C=O) groups excluding carboxylic acids is 3. The molecular weight excluding hydrogens is 414 g/mol. The van der Waals surface area contributed by atoms with E-state index in [2.05, 4.69) is 16.0 Å². The fourth-order valence-corrected chi connectivity index (χ4v) is 2.86. The number of benzene rings is 2. The number of nitrogens with two attached hydrogens (primary N) is 1. The summed E-state index contributed by atoms with van der Waals surface area (Å²) < 4.78 is 4.96. The van der Waals surface area contributed by atoms with Gasteiger partial charge in [0.2, 0.25) is 5.91 Å². The molecule has 10 nitrogen and oxygen atoms in total. The maximum atomic E-state index is 12.3. The topological polar surface area (TPSA) is 155 Å². The molecule has 0 unspecified atom stereocenters. The zero-order valence-electron chi connectivity index (χ0n) is 17.9. The number of hydrogen-bond donors (Lipinski definition) is 6. The van der Waals surface area contributed by atoms with E-state index in [1.807, 2.05) is 12.1 Å². The zero-order valence-corrected chi connectivity index (χ0v) is 17.9. The van der Waals surface area contributed by atoms with Crippen molar-refractivity contribution in [2.75, 3.05) is 38.7 Å². The summed E-state index contributed by atoms with van der Waals surface area (Å²) in [4.78, 5) is 35.7. The van der Waals surface area contributed by atoms with Crippen LogP contribution < -0.4 is 27.2 Å². The number of anilines is 1. The fourth-order valence-electron chi connectivity index (χ4n) is 2.86. The van der Waals surface area contributed by atoms with Gasteiger partial charge in [-0.3, -0.25) is 19.6 Å². The number of amides is 3. The summed E-state index contributed by atoms with van der Waals surface area (Å²) >= 11 is 0. The minimum absolute atomic E-state index is 0.129. The molecule has 0 aliphatic carbocycles. The second-order valence-corrected chi connectivity index (χ2v) is 6.96. The maximum Gasteiger partial charge on any atom is 0.267 e. The van der Waals surface area contributed by atoms with Crippen LogP contribution in [0.5, 0.6) is 0 Å². The quantitative estimate of drug-likeness (QED) is 0.158. The van der Waals surface area contributed by atoms with Crippen molar-refractivity contribution in [1.82, 2.24) is 16.1 Å². The lowest BCUT2D eigenvalue weighted by molar-refractivity contribution is -0.130. The van der Waals surface area contributed by atoms with Crippen molar-refractivity contribution in [3.63, 3.8) is 0 Å². The highest BCUT2D eigenvalue weighted by molar-refractivity contribution is 5.98. The number of nitrogens with one attached hydrogen (secondary N) is 4. The van der Waals surface area contributed by atoms with E-state index in [-0.39, 0.29) is 19.0 Å². The highest BCUT2D eigenvalue weighted by Gasteiger charge is 2.19. The predicted molar refractivity (Wildman–Crippen MR) is 120 cm³/mol. The molecule has 0 aliphatic rings. The van der Waals surface area contributed by atoms with Crippen molar-refractivity contribution in [2.24, 2.45) is 5.73 Å². The molecular formula is C22H29N5O5. The standard InChI is InChI=1S/C22H29N5O5/c1-32-12-2-11-24-14-20(28)25-18-9-7-16(8-10-18)15-3-5-17(6-4-15)21(29)26-19(13-23)22(30)27-31/h3-10,19,24,31H,2,11-14,23H2,1H3,(H,25,28)(H,26,29)(H,27,30)/t19-/m0/s1. The molecule has 32 heavy (non-hydrogen) atoms. The Morgan fingerprint density at radius 3 is 2.22 bits per heavy atom. The Hall–Kier alpha value is -3.31. The number of rotatable bonds is 12. The molecule has 0 aliphatic heterocycles. The summed E-state index contributed by atoms with van der Waals surface area (Å²) in [6.45, 7) is 1.43. The highest BCUT2D eigenvalue weighted by atomic mass is 16.5. The first-order valence-electron chi connectivity index (χ1n) is 10.1. The monoisotopic (exact) mass is 443 g/mol. The van der Waals surface area contributed by atoms with Crippen LogP contribution in [0, 0.1) is 0 Å².